The van der Waals surface area contributed by atoms with Crippen molar-refractivity contribution in [2.24, 2.45) is 10.4 Å². The van der Waals surface area contributed by atoms with Gasteiger partial charge in [0.1, 0.15) is 11.4 Å². The van der Waals surface area contributed by atoms with Gasteiger partial charge in [0.2, 0.25) is 0 Å². The van der Waals surface area contributed by atoms with E-state index in [-0.39, 0.29) is 11.4 Å². The van der Waals surface area contributed by atoms with Gasteiger partial charge in [0.25, 0.3) is 0 Å². The molecule has 0 heterocycles. The van der Waals surface area contributed by atoms with Crippen LogP contribution in [0.2, 0.25) is 0 Å². The lowest BCUT2D eigenvalue weighted by Gasteiger charge is -2.10. The smallest absolute Gasteiger partial charge is 0.137 e. The number of hydrogen-bond acceptors (Lipinski definition) is 4. The Bertz CT molecular complexity index is 373. The summed E-state index contributed by atoms with van der Waals surface area (Å²) in [6.45, 7) is 5.93. The van der Waals surface area contributed by atoms with Crippen LogP contribution in [-0.2, 0) is 0 Å². The molecule has 0 aliphatic carbocycles. The van der Waals surface area contributed by atoms with Crippen LogP contribution in [0.25, 0.3) is 0 Å². The predicted molar refractivity (Wildman–Crippen MR) is 56.2 cm³/mol. The first-order chi connectivity index (χ1) is 6.60. The fraction of sp³-hybridized carbons (Fsp3) is 0.400. The third-order valence-electron chi connectivity index (χ3n) is 2.18. The topological polar surface area (TPSA) is 58.9 Å². The Hall–Kier alpha value is -1.58. The SMILES string of the molecule is Cc1cc(N=O)c(N=O)cc1C(C)C. The van der Waals surface area contributed by atoms with Crippen molar-refractivity contribution in [2.75, 3.05) is 0 Å². The molecule has 0 amide bonds. The zero-order valence-electron chi connectivity index (χ0n) is 8.44. The van der Waals surface area contributed by atoms with Crippen LogP contribution in [0.1, 0.15) is 30.9 Å². The average Bonchev–Trinajstić information content (AvgIpc) is 2.16. The zero-order chi connectivity index (χ0) is 10.7. The largest absolute Gasteiger partial charge is 0.145 e. The maximum atomic E-state index is 10.4. The van der Waals surface area contributed by atoms with Crippen molar-refractivity contribution in [3.63, 3.8) is 0 Å². The third-order valence-corrected chi connectivity index (χ3v) is 2.18. The molecular formula is C10H12N2O2. The molecule has 0 radical (unpaired) electrons. The van der Waals surface area contributed by atoms with E-state index < -0.39 is 0 Å². The molecule has 1 rings (SSSR count). The fourth-order valence-corrected chi connectivity index (χ4v) is 1.47. The van der Waals surface area contributed by atoms with Gasteiger partial charge in [-0.1, -0.05) is 13.8 Å². The third kappa shape index (κ3) is 1.84. The zero-order valence-corrected chi connectivity index (χ0v) is 8.44. The molecule has 0 unspecified atom stereocenters. The molecule has 0 aliphatic rings. The normalized spacial score (nSPS) is 10.3. The fourth-order valence-electron chi connectivity index (χ4n) is 1.47. The molecular weight excluding hydrogens is 180 g/mol. The highest BCUT2D eigenvalue weighted by atomic mass is 16.3. The minimum Gasteiger partial charge on any atom is -0.145 e. The van der Waals surface area contributed by atoms with Gasteiger partial charge in [0, 0.05) is 0 Å². The van der Waals surface area contributed by atoms with Gasteiger partial charge in [0.05, 0.1) is 0 Å². The van der Waals surface area contributed by atoms with Crippen molar-refractivity contribution in [2.45, 2.75) is 26.7 Å². The average molecular weight is 192 g/mol. The van der Waals surface area contributed by atoms with Gasteiger partial charge in [-0.2, -0.15) is 0 Å². The quantitative estimate of drug-likeness (QED) is 0.681. The highest BCUT2D eigenvalue weighted by Crippen LogP contribution is 2.33. The van der Waals surface area contributed by atoms with Crippen LogP contribution in [-0.4, -0.2) is 0 Å². The molecule has 0 spiro atoms. The molecule has 0 aromatic heterocycles. The number of nitroso groups, excluding NO2 is 2. The molecule has 4 nitrogen and oxygen atoms in total. The number of hydrogen-bond donors (Lipinski definition) is 0. The van der Waals surface area contributed by atoms with E-state index in [1.807, 2.05) is 20.8 Å². The lowest BCUT2D eigenvalue weighted by molar-refractivity contribution is 0.856. The van der Waals surface area contributed by atoms with E-state index in [9.17, 15) is 9.81 Å². The Labute approximate surface area is 82.3 Å². The first kappa shape index (κ1) is 10.5. The van der Waals surface area contributed by atoms with Crippen molar-refractivity contribution >= 4 is 11.4 Å². The van der Waals surface area contributed by atoms with E-state index in [4.69, 9.17) is 0 Å². The Morgan fingerprint density at radius 1 is 1.07 bits per heavy atom. The van der Waals surface area contributed by atoms with E-state index in [1.165, 1.54) is 0 Å². The second-order valence-electron chi connectivity index (χ2n) is 3.53. The van der Waals surface area contributed by atoms with Crippen molar-refractivity contribution in [1.82, 2.24) is 0 Å². The molecule has 14 heavy (non-hydrogen) atoms. The minimum absolute atomic E-state index is 0.113. The van der Waals surface area contributed by atoms with E-state index in [0.29, 0.717) is 5.92 Å². The second-order valence-corrected chi connectivity index (χ2v) is 3.53. The van der Waals surface area contributed by atoms with E-state index in [0.717, 1.165) is 11.1 Å². The number of aryl methyl sites for hydroxylation is 1. The van der Waals surface area contributed by atoms with Crippen molar-refractivity contribution in [3.8, 4) is 0 Å². The summed E-state index contributed by atoms with van der Waals surface area (Å²) in [4.78, 5) is 20.8. The lowest BCUT2D eigenvalue weighted by Crippen LogP contribution is -1.91. The summed E-state index contributed by atoms with van der Waals surface area (Å²) < 4.78 is 0. The Kier molecular flexibility index (Phi) is 3.06. The Morgan fingerprint density at radius 3 is 2.00 bits per heavy atom. The van der Waals surface area contributed by atoms with E-state index >= 15 is 0 Å². The van der Waals surface area contributed by atoms with Gasteiger partial charge in [0.15, 0.2) is 0 Å². The van der Waals surface area contributed by atoms with Crippen LogP contribution < -0.4 is 0 Å². The van der Waals surface area contributed by atoms with Crippen LogP contribution in [0.5, 0.6) is 0 Å². The van der Waals surface area contributed by atoms with Gasteiger partial charge in [-0.25, -0.2) is 0 Å². The molecule has 0 atom stereocenters. The van der Waals surface area contributed by atoms with Gasteiger partial charge >= 0.3 is 0 Å². The minimum atomic E-state index is 0.113. The predicted octanol–water partition coefficient (Wildman–Crippen LogP) is 3.91. The number of rotatable bonds is 3. The molecule has 1 aromatic carbocycles. The standard InChI is InChI=1S/C10H12N2O2/c1-6(2)8-5-10(12-14)9(11-13)4-7(8)3/h4-6H,1-3H3. The molecule has 0 aliphatic heterocycles. The highest BCUT2D eigenvalue weighted by Gasteiger charge is 2.10. The molecule has 0 N–H and O–H groups in total. The van der Waals surface area contributed by atoms with Crippen LogP contribution in [0.4, 0.5) is 11.4 Å². The maximum absolute atomic E-state index is 10.4. The van der Waals surface area contributed by atoms with Crippen LogP contribution in [0.15, 0.2) is 22.5 Å². The van der Waals surface area contributed by atoms with Crippen LogP contribution in [0, 0.1) is 16.7 Å². The second kappa shape index (κ2) is 4.09. The van der Waals surface area contributed by atoms with Gasteiger partial charge in [-0.15, -0.1) is 9.81 Å². The summed E-state index contributed by atoms with van der Waals surface area (Å²) >= 11 is 0. The lowest BCUT2D eigenvalue weighted by atomic mass is 9.97. The Balaban J connectivity index is 3.37. The molecule has 4 heteroatoms. The molecule has 0 bridgehead atoms. The molecule has 0 fully saturated rings. The summed E-state index contributed by atoms with van der Waals surface area (Å²) in [5.41, 5.74) is 2.21. The molecule has 0 saturated carbocycles. The Morgan fingerprint density at radius 2 is 1.57 bits per heavy atom. The van der Waals surface area contributed by atoms with Gasteiger partial charge in [-0.05, 0) is 46.5 Å². The van der Waals surface area contributed by atoms with E-state index in [2.05, 4.69) is 10.4 Å². The first-order valence-corrected chi connectivity index (χ1v) is 4.41. The first-order valence-electron chi connectivity index (χ1n) is 4.41. The van der Waals surface area contributed by atoms with Gasteiger partial charge < -0.3 is 0 Å². The summed E-state index contributed by atoms with van der Waals surface area (Å²) in [5, 5.41) is 5.54. The monoisotopic (exact) mass is 192 g/mol. The highest BCUT2D eigenvalue weighted by molar-refractivity contribution is 5.64. The molecule has 0 saturated heterocycles. The summed E-state index contributed by atoms with van der Waals surface area (Å²) in [6.07, 6.45) is 0. The van der Waals surface area contributed by atoms with E-state index in [1.54, 1.807) is 12.1 Å². The van der Waals surface area contributed by atoms with Crippen molar-refractivity contribution in [3.05, 3.63) is 33.1 Å². The molecule has 74 valence electrons. The number of benzene rings is 1. The summed E-state index contributed by atoms with van der Waals surface area (Å²) in [5.74, 6) is 0.302. The van der Waals surface area contributed by atoms with Crippen LogP contribution >= 0.6 is 0 Å². The number of nitrogens with zero attached hydrogens (tertiary/aromatic N) is 2. The van der Waals surface area contributed by atoms with Gasteiger partial charge in [-0.3, -0.25) is 0 Å². The van der Waals surface area contributed by atoms with Crippen molar-refractivity contribution in [1.29, 1.82) is 0 Å². The summed E-state index contributed by atoms with van der Waals surface area (Å²) in [7, 11) is 0. The summed E-state index contributed by atoms with van der Waals surface area (Å²) in [6, 6.07) is 3.22. The maximum Gasteiger partial charge on any atom is 0.137 e. The van der Waals surface area contributed by atoms with Crippen LogP contribution in [0.3, 0.4) is 0 Å². The van der Waals surface area contributed by atoms with Crippen molar-refractivity contribution < 1.29 is 0 Å². The molecule has 1 aromatic rings.